The lowest BCUT2D eigenvalue weighted by atomic mass is 9.43. The number of aliphatic hydroxyl groups is 3. The molecule has 1 amide bonds. The highest BCUT2D eigenvalue weighted by atomic mass is 16.3. The SMILES string of the molecule is CCCCCCCCCCCCCCCCCCNC(=O)CC[C@@H](C)[C@H]1CCC2C3C(C[C@H](O)[C@@]21C)[C@@]1(C)CC[C@@H](O)CC1C[C@H]3O. The van der Waals surface area contributed by atoms with Crippen molar-refractivity contribution in [2.45, 2.75) is 207 Å². The van der Waals surface area contributed by atoms with Gasteiger partial charge in [0, 0.05) is 13.0 Å². The van der Waals surface area contributed by atoms with E-state index in [-0.39, 0.29) is 41.0 Å². The number of carbonyl (C=O) groups is 1. The standard InChI is InChI=1S/C42H77NO4/c1-5-6-7-8-9-10-11-12-13-14-15-16-17-18-19-20-27-43-39(47)24-21-31(2)34-22-23-35-40-36(30-38(46)42(34,35)4)41(3)26-25-33(44)28-32(41)29-37(40)45/h31-38,40,44-46H,5-30H2,1-4H3,(H,43,47)/t31-,32?,33-,34-,35?,36?,37-,38+,40?,41+,42-/m1/s1. The van der Waals surface area contributed by atoms with Gasteiger partial charge in [-0.3, -0.25) is 4.79 Å². The second-order valence-corrected chi connectivity index (χ2v) is 17.7. The quantitative estimate of drug-likeness (QED) is 0.0924. The van der Waals surface area contributed by atoms with E-state index in [1.165, 1.54) is 96.3 Å². The Kier molecular flexibility index (Phi) is 15.9. The summed E-state index contributed by atoms with van der Waals surface area (Å²) >= 11 is 0. The second-order valence-electron chi connectivity index (χ2n) is 17.7. The number of fused-ring (bicyclic) bond motifs is 5. The summed E-state index contributed by atoms with van der Waals surface area (Å²) < 4.78 is 0. The molecule has 4 unspecified atom stereocenters. The largest absolute Gasteiger partial charge is 0.393 e. The third-order valence-corrected chi connectivity index (χ3v) is 14.7. The summed E-state index contributed by atoms with van der Waals surface area (Å²) in [6, 6.07) is 0. The zero-order valence-electron chi connectivity index (χ0n) is 31.3. The van der Waals surface area contributed by atoms with Crippen LogP contribution in [0.2, 0.25) is 0 Å². The Labute approximate surface area is 290 Å². The van der Waals surface area contributed by atoms with Crippen LogP contribution in [-0.4, -0.2) is 46.1 Å². The molecule has 4 fully saturated rings. The lowest BCUT2D eigenvalue weighted by Crippen LogP contribution is -2.62. The van der Waals surface area contributed by atoms with Crippen molar-refractivity contribution in [1.29, 1.82) is 0 Å². The Hall–Kier alpha value is -0.650. The summed E-state index contributed by atoms with van der Waals surface area (Å²) in [5.41, 5.74) is -0.0807. The van der Waals surface area contributed by atoms with Gasteiger partial charge in [-0.15, -0.1) is 0 Å². The first kappa shape index (κ1) is 39.1. The van der Waals surface area contributed by atoms with Crippen LogP contribution in [0, 0.1) is 46.3 Å². The number of nitrogens with one attached hydrogen (secondary N) is 1. The van der Waals surface area contributed by atoms with Crippen LogP contribution in [-0.2, 0) is 4.79 Å². The molecule has 0 saturated heterocycles. The monoisotopic (exact) mass is 660 g/mol. The van der Waals surface area contributed by atoms with E-state index >= 15 is 0 Å². The van der Waals surface area contributed by atoms with Crippen LogP contribution in [0.15, 0.2) is 0 Å². The number of rotatable bonds is 21. The summed E-state index contributed by atoms with van der Waals surface area (Å²) in [7, 11) is 0. The number of hydrogen-bond acceptors (Lipinski definition) is 4. The molecular formula is C42H77NO4. The van der Waals surface area contributed by atoms with Gasteiger partial charge < -0.3 is 20.6 Å². The number of unbranched alkanes of at least 4 members (excludes halogenated alkanes) is 15. The van der Waals surface area contributed by atoms with Crippen molar-refractivity contribution < 1.29 is 20.1 Å². The third kappa shape index (κ3) is 9.99. The molecule has 0 aliphatic heterocycles. The first-order valence-electron chi connectivity index (χ1n) is 20.9. The van der Waals surface area contributed by atoms with E-state index in [1.807, 2.05) is 0 Å². The molecule has 11 atom stereocenters. The van der Waals surface area contributed by atoms with Crippen molar-refractivity contribution in [3.05, 3.63) is 0 Å². The lowest BCUT2D eigenvalue weighted by Gasteiger charge is -2.63. The molecule has 0 spiro atoms. The minimum atomic E-state index is -0.359. The third-order valence-electron chi connectivity index (χ3n) is 14.7. The molecule has 5 heteroatoms. The molecule has 4 aliphatic rings. The molecule has 274 valence electrons. The highest BCUT2D eigenvalue weighted by Crippen LogP contribution is 2.68. The van der Waals surface area contributed by atoms with Crippen molar-refractivity contribution >= 4 is 5.91 Å². The number of carbonyl (C=O) groups excluding carboxylic acids is 1. The molecule has 4 saturated carbocycles. The van der Waals surface area contributed by atoms with Crippen LogP contribution in [0.25, 0.3) is 0 Å². The summed E-state index contributed by atoms with van der Waals surface area (Å²) in [6.45, 7) is 10.1. The fourth-order valence-electron chi connectivity index (χ4n) is 11.7. The lowest BCUT2D eigenvalue weighted by molar-refractivity contribution is -0.207. The molecule has 4 N–H and O–H groups in total. The molecule has 5 nitrogen and oxygen atoms in total. The van der Waals surface area contributed by atoms with Gasteiger partial charge in [-0.1, -0.05) is 124 Å². The molecule has 0 radical (unpaired) electrons. The topological polar surface area (TPSA) is 89.8 Å². The van der Waals surface area contributed by atoms with Gasteiger partial charge in [0.2, 0.25) is 5.91 Å². The number of amides is 1. The first-order chi connectivity index (χ1) is 22.6. The van der Waals surface area contributed by atoms with Crippen LogP contribution >= 0.6 is 0 Å². The van der Waals surface area contributed by atoms with Gasteiger partial charge in [0.05, 0.1) is 18.3 Å². The van der Waals surface area contributed by atoms with E-state index in [0.717, 1.165) is 64.3 Å². The molecule has 4 aliphatic carbocycles. The maximum absolute atomic E-state index is 12.8. The molecule has 0 aromatic heterocycles. The average molecular weight is 660 g/mol. The summed E-state index contributed by atoms with van der Waals surface area (Å²) in [4.78, 5) is 12.8. The smallest absolute Gasteiger partial charge is 0.220 e. The molecule has 0 aromatic carbocycles. The highest BCUT2D eigenvalue weighted by molar-refractivity contribution is 5.75. The minimum absolute atomic E-state index is 0.111. The second kappa shape index (κ2) is 19.1. The van der Waals surface area contributed by atoms with Crippen molar-refractivity contribution in [2.75, 3.05) is 6.54 Å². The molecule has 0 heterocycles. The van der Waals surface area contributed by atoms with E-state index in [9.17, 15) is 20.1 Å². The van der Waals surface area contributed by atoms with Crippen molar-refractivity contribution in [3.8, 4) is 0 Å². The zero-order valence-corrected chi connectivity index (χ0v) is 31.3. The fourth-order valence-corrected chi connectivity index (χ4v) is 11.7. The van der Waals surface area contributed by atoms with Crippen LogP contribution < -0.4 is 5.32 Å². The van der Waals surface area contributed by atoms with Crippen LogP contribution in [0.3, 0.4) is 0 Å². The number of hydrogen-bond donors (Lipinski definition) is 4. The van der Waals surface area contributed by atoms with Gasteiger partial charge in [0.15, 0.2) is 0 Å². The van der Waals surface area contributed by atoms with Crippen LogP contribution in [0.1, 0.15) is 188 Å². The Morgan fingerprint density at radius 1 is 0.745 bits per heavy atom. The average Bonchev–Trinajstić information content (AvgIpc) is 3.41. The normalized spacial score (nSPS) is 37.2. The Morgan fingerprint density at radius 2 is 1.32 bits per heavy atom. The van der Waals surface area contributed by atoms with Crippen molar-refractivity contribution in [3.63, 3.8) is 0 Å². The maximum atomic E-state index is 12.8. The predicted octanol–water partition coefficient (Wildman–Crippen LogP) is 9.74. The van der Waals surface area contributed by atoms with Gasteiger partial charge >= 0.3 is 0 Å². The maximum Gasteiger partial charge on any atom is 0.220 e. The van der Waals surface area contributed by atoms with E-state index in [4.69, 9.17) is 0 Å². The Bertz CT molecular complexity index is 911. The van der Waals surface area contributed by atoms with Crippen LogP contribution in [0.5, 0.6) is 0 Å². The number of aliphatic hydroxyl groups excluding tert-OH is 3. The van der Waals surface area contributed by atoms with E-state index in [2.05, 4.69) is 33.0 Å². The van der Waals surface area contributed by atoms with Gasteiger partial charge in [0.1, 0.15) is 0 Å². The van der Waals surface area contributed by atoms with Gasteiger partial charge in [-0.25, -0.2) is 0 Å². The highest BCUT2D eigenvalue weighted by Gasteiger charge is 2.65. The molecular weight excluding hydrogens is 582 g/mol. The van der Waals surface area contributed by atoms with Crippen molar-refractivity contribution in [2.24, 2.45) is 46.3 Å². The Morgan fingerprint density at radius 3 is 1.91 bits per heavy atom. The Balaban J connectivity index is 1.07. The fraction of sp³-hybridized carbons (Fsp3) is 0.976. The van der Waals surface area contributed by atoms with Crippen molar-refractivity contribution in [1.82, 2.24) is 5.32 Å². The summed E-state index contributed by atoms with van der Waals surface area (Å²) in [5, 5.41) is 36.9. The molecule has 47 heavy (non-hydrogen) atoms. The summed E-state index contributed by atoms with van der Waals surface area (Å²) in [6.07, 6.45) is 28.7. The summed E-state index contributed by atoms with van der Waals surface area (Å²) in [5.74, 6) is 2.23. The van der Waals surface area contributed by atoms with Gasteiger partial charge in [0.25, 0.3) is 0 Å². The van der Waals surface area contributed by atoms with E-state index in [1.54, 1.807) is 0 Å². The van der Waals surface area contributed by atoms with E-state index in [0.29, 0.717) is 36.0 Å². The molecule has 0 bridgehead atoms. The zero-order chi connectivity index (χ0) is 33.9. The molecule has 0 aromatic rings. The van der Waals surface area contributed by atoms with E-state index < -0.39 is 0 Å². The minimum Gasteiger partial charge on any atom is -0.393 e. The first-order valence-corrected chi connectivity index (χ1v) is 20.9. The van der Waals surface area contributed by atoms with Crippen LogP contribution in [0.4, 0.5) is 0 Å². The predicted molar refractivity (Wildman–Crippen MR) is 195 cm³/mol. The van der Waals surface area contributed by atoms with Gasteiger partial charge in [-0.05, 0) is 104 Å². The van der Waals surface area contributed by atoms with Gasteiger partial charge in [-0.2, -0.15) is 0 Å². The molecule has 4 rings (SSSR count).